The van der Waals surface area contributed by atoms with Crippen molar-refractivity contribution in [3.63, 3.8) is 0 Å². The van der Waals surface area contributed by atoms with Crippen LogP contribution in [0.2, 0.25) is 5.02 Å². The molecule has 0 saturated carbocycles. The van der Waals surface area contributed by atoms with Gasteiger partial charge < -0.3 is 9.72 Å². The number of benzene rings is 2. The van der Waals surface area contributed by atoms with Gasteiger partial charge in [0.1, 0.15) is 12.4 Å². The largest absolute Gasteiger partial charge is 0.483 e. The lowest BCUT2D eigenvalue weighted by Crippen LogP contribution is -1.99. The zero-order valence-corrected chi connectivity index (χ0v) is 12.5. The van der Waals surface area contributed by atoms with Gasteiger partial charge in [0.15, 0.2) is 11.6 Å². The van der Waals surface area contributed by atoms with Gasteiger partial charge in [-0.25, -0.2) is 9.37 Å². The third-order valence-electron chi connectivity index (χ3n) is 2.75. The third-order valence-corrected chi connectivity index (χ3v) is 3.48. The number of aromatic amines is 1. The monoisotopic (exact) mass is 354 g/mol. The molecule has 0 fully saturated rings. The fourth-order valence-corrected chi connectivity index (χ4v) is 2.35. The van der Waals surface area contributed by atoms with Crippen LogP contribution < -0.4 is 4.74 Å². The summed E-state index contributed by atoms with van der Waals surface area (Å²) in [6.07, 6.45) is 0. The molecule has 0 unspecified atom stereocenters. The smallest absolute Gasteiger partial charge is 0.166 e. The fraction of sp³-hybridized carbons (Fsp3) is 0.0714. The molecule has 2 aromatic carbocycles. The van der Waals surface area contributed by atoms with Crippen molar-refractivity contribution in [1.82, 2.24) is 9.97 Å². The topological polar surface area (TPSA) is 37.9 Å². The molecule has 6 heteroatoms. The Balaban J connectivity index is 1.79. The molecule has 0 aliphatic rings. The van der Waals surface area contributed by atoms with Crippen LogP contribution >= 0.6 is 27.5 Å². The molecule has 0 bridgehead atoms. The molecular formula is C14H9BrClFN2O. The van der Waals surface area contributed by atoms with E-state index in [1.807, 2.05) is 6.07 Å². The summed E-state index contributed by atoms with van der Waals surface area (Å²) in [6.45, 7) is 0.158. The van der Waals surface area contributed by atoms with Gasteiger partial charge in [0.2, 0.25) is 0 Å². The van der Waals surface area contributed by atoms with E-state index in [2.05, 4.69) is 25.9 Å². The highest BCUT2D eigenvalue weighted by atomic mass is 79.9. The number of halogens is 3. The van der Waals surface area contributed by atoms with Crippen molar-refractivity contribution in [2.24, 2.45) is 0 Å². The second-order valence-electron chi connectivity index (χ2n) is 4.21. The van der Waals surface area contributed by atoms with E-state index in [-0.39, 0.29) is 12.4 Å². The normalized spacial score (nSPS) is 10.9. The van der Waals surface area contributed by atoms with E-state index in [0.29, 0.717) is 15.3 Å². The van der Waals surface area contributed by atoms with Crippen LogP contribution in [0.15, 0.2) is 40.9 Å². The predicted octanol–water partition coefficient (Wildman–Crippen LogP) is 4.70. The first kappa shape index (κ1) is 13.4. The Morgan fingerprint density at radius 2 is 2.10 bits per heavy atom. The van der Waals surface area contributed by atoms with E-state index in [0.717, 1.165) is 11.0 Å². The molecule has 0 atom stereocenters. The minimum atomic E-state index is -0.418. The SMILES string of the molecule is Fc1cc(Br)ccc1OCc1nc2ccc(Cl)cc2[nH]1. The molecule has 0 amide bonds. The summed E-state index contributed by atoms with van der Waals surface area (Å²) < 4.78 is 19.7. The Morgan fingerprint density at radius 3 is 2.90 bits per heavy atom. The Morgan fingerprint density at radius 1 is 1.25 bits per heavy atom. The van der Waals surface area contributed by atoms with Gasteiger partial charge in [-0.3, -0.25) is 0 Å². The number of nitrogens with one attached hydrogen (secondary N) is 1. The number of H-pyrrole nitrogens is 1. The van der Waals surface area contributed by atoms with E-state index in [1.165, 1.54) is 6.07 Å². The summed E-state index contributed by atoms with van der Waals surface area (Å²) in [5, 5.41) is 0.632. The molecule has 0 aliphatic carbocycles. The van der Waals surface area contributed by atoms with Crippen molar-refractivity contribution in [2.45, 2.75) is 6.61 Å². The molecule has 1 N–H and O–H groups in total. The first-order valence-electron chi connectivity index (χ1n) is 5.84. The standard InChI is InChI=1S/C14H9BrClFN2O/c15-8-1-4-13(10(17)5-8)20-7-14-18-11-3-2-9(16)6-12(11)19-14/h1-6H,7H2,(H,18,19). The van der Waals surface area contributed by atoms with Crippen LogP contribution in [-0.2, 0) is 6.61 Å². The maximum Gasteiger partial charge on any atom is 0.166 e. The van der Waals surface area contributed by atoms with Gasteiger partial charge in [-0.1, -0.05) is 27.5 Å². The van der Waals surface area contributed by atoms with Crippen molar-refractivity contribution in [1.29, 1.82) is 0 Å². The molecule has 1 aromatic heterocycles. The lowest BCUT2D eigenvalue weighted by molar-refractivity contribution is 0.282. The van der Waals surface area contributed by atoms with Crippen LogP contribution in [0.25, 0.3) is 11.0 Å². The van der Waals surface area contributed by atoms with Gasteiger partial charge >= 0.3 is 0 Å². The van der Waals surface area contributed by atoms with Crippen LogP contribution in [0.1, 0.15) is 5.82 Å². The maximum atomic E-state index is 13.6. The molecule has 3 nitrogen and oxygen atoms in total. The minimum Gasteiger partial charge on any atom is -0.483 e. The average Bonchev–Trinajstić information content (AvgIpc) is 2.79. The predicted molar refractivity (Wildman–Crippen MR) is 79.5 cm³/mol. The summed E-state index contributed by atoms with van der Waals surface area (Å²) in [6, 6.07) is 10.0. The zero-order chi connectivity index (χ0) is 14.1. The lowest BCUT2D eigenvalue weighted by Gasteiger charge is -2.05. The Bertz CT molecular complexity index is 775. The second-order valence-corrected chi connectivity index (χ2v) is 5.56. The summed E-state index contributed by atoms with van der Waals surface area (Å²) in [7, 11) is 0. The van der Waals surface area contributed by atoms with Gasteiger partial charge in [-0.05, 0) is 36.4 Å². The summed E-state index contributed by atoms with van der Waals surface area (Å²) in [5.74, 6) is 0.384. The molecule has 0 radical (unpaired) electrons. The number of ether oxygens (including phenoxy) is 1. The second kappa shape index (κ2) is 5.42. The Labute approximate surface area is 127 Å². The Hall–Kier alpha value is -1.59. The maximum absolute atomic E-state index is 13.6. The number of fused-ring (bicyclic) bond motifs is 1. The molecule has 3 rings (SSSR count). The Kier molecular flexibility index (Phi) is 3.63. The number of nitrogens with zero attached hydrogens (tertiary/aromatic N) is 1. The van der Waals surface area contributed by atoms with Gasteiger partial charge in [0.05, 0.1) is 11.0 Å². The number of hydrogen-bond acceptors (Lipinski definition) is 2. The molecule has 102 valence electrons. The highest BCUT2D eigenvalue weighted by molar-refractivity contribution is 9.10. The molecule has 0 saturated heterocycles. The molecule has 1 heterocycles. The van der Waals surface area contributed by atoms with Crippen LogP contribution in [0.3, 0.4) is 0 Å². The van der Waals surface area contributed by atoms with E-state index < -0.39 is 5.82 Å². The molecule has 0 spiro atoms. The zero-order valence-electron chi connectivity index (χ0n) is 10.2. The van der Waals surface area contributed by atoms with Gasteiger partial charge in [-0.2, -0.15) is 0 Å². The third kappa shape index (κ3) is 2.78. The highest BCUT2D eigenvalue weighted by Gasteiger charge is 2.07. The van der Waals surface area contributed by atoms with Crippen LogP contribution in [0.4, 0.5) is 4.39 Å². The van der Waals surface area contributed by atoms with Crippen molar-refractivity contribution in [2.75, 3.05) is 0 Å². The quantitative estimate of drug-likeness (QED) is 0.739. The van der Waals surface area contributed by atoms with Gasteiger partial charge in [0, 0.05) is 9.50 Å². The first-order valence-corrected chi connectivity index (χ1v) is 7.01. The molecule has 0 aliphatic heterocycles. The molecule has 3 aromatic rings. The molecular weight excluding hydrogens is 347 g/mol. The van der Waals surface area contributed by atoms with Crippen LogP contribution in [0.5, 0.6) is 5.75 Å². The average molecular weight is 356 g/mol. The fourth-order valence-electron chi connectivity index (χ4n) is 1.84. The number of hydrogen-bond donors (Lipinski definition) is 1. The van der Waals surface area contributed by atoms with Crippen LogP contribution in [-0.4, -0.2) is 9.97 Å². The lowest BCUT2D eigenvalue weighted by atomic mass is 10.3. The minimum absolute atomic E-state index is 0.158. The van der Waals surface area contributed by atoms with Crippen molar-refractivity contribution in [3.8, 4) is 5.75 Å². The summed E-state index contributed by atoms with van der Waals surface area (Å²) in [5.41, 5.74) is 1.62. The summed E-state index contributed by atoms with van der Waals surface area (Å²) >= 11 is 9.10. The molecule has 20 heavy (non-hydrogen) atoms. The van der Waals surface area contributed by atoms with Crippen molar-refractivity contribution >= 4 is 38.6 Å². The van der Waals surface area contributed by atoms with E-state index in [1.54, 1.807) is 24.3 Å². The number of imidazole rings is 1. The number of aromatic nitrogens is 2. The van der Waals surface area contributed by atoms with E-state index >= 15 is 0 Å². The highest BCUT2D eigenvalue weighted by Crippen LogP contribution is 2.23. The van der Waals surface area contributed by atoms with Gasteiger partial charge in [-0.15, -0.1) is 0 Å². The number of rotatable bonds is 3. The van der Waals surface area contributed by atoms with E-state index in [9.17, 15) is 4.39 Å². The van der Waals surface area contributed by atoms with Crippen molar-refractivity contribution < 1.29 is 9.13 Å². The van der Waals surface area contributed by atoms with Crippen molar-refractivity contribution in [3.05, 3.63) is 57.5 Å². The van der Waals surface area contributed by atoms with Gasteiger partial charge in [0.25, 0.3) is 0 Å². The van der Waals surface area contributed by atoms with E-state index in [4.69, 9.17) is 16.3 Å². The summed E-state index contributed by atoms with van der Waals surface area (Å²) in [4.78, 5) is 7.43. The van der Waals surface area contributed by atoms with Crippen LogP contribution in [0, 0.1) is 5.82 Å². The first-order chi connectivity index (χ1) is 9.61.